The predicted octanol–water partition coefficient (Wildman–Crippen LogP) is -0.365. The fourth-order valence-electron chi connectivity index (χ4n) is 1.59. The summed E-state index contributed by atoms with van der Waals surface area (Å²) in [5.74, 6) is 0.266. The summed E-state index contributed by atoms with van der Waals surface area (Å²) in [6.07, 6.45) is 2.62. The maximum atomic E-state index is 11.6. The second-order valence-electron chi connectivity index (χ2n) is 3.49. The van der Waals surface area contributed by atoms with Crippen LogP contribution in [0.1, 0.15) is 12.1 Å². The molecule has 1 atom stereocenters. The number of nitrogens with zero attached hydrogens (tertiary/aromatic N) is 1. The van der Waals surface area contributed by atoms with Gasteiger partial charge in [0.15, 0.2) is 0 Å². The molecule has 1 aliphatic rings. The van der Waals surface area contributed by atoms with Gasteiger partial charge in [0.1, 0.15) is 0 Å². The quantitative estimate of drug-likeness (QED) is 0.615. The van der Waals surface area contributed by atoms with Gasteiger partial charge in [-0.3, -0.25) is 9.89 Å². The summed E-state index contributed by atoms with van der Waals surface area (Å²) in [4.78, 5) is 11.6. The third-order valence-electron chi connectivity index (χ3n) is 2.44. The monoisotopic (exact) mass is 194 g/mol. The molecule has 0 radical (unpaired) electrons. The highest BCUT2D eigenvalue weighted by molar-refractivity contribution is 5.79. The lowest BCUT2D eigenvalue weighted by atomic mass is 10.1. The largest absolute Gasteiger partial charge is 0.350 e. The molecule has 1 saturated heterocycles. The van der Waals surface area contributed by atoms with Gasteiger partial charge in [-0.25, -0.2) is 0 Å². The van der Waals surface area contributed by atoms with E-state index >= 15 is 0 Å². The molecule has 2 heterocycles. The van der Waals surface area contributed by atoms with E-state index in [1.807, 2.05) is 6.07 Å². The van der Waals surface area contributed by atoms with Crippen molar-refractivity contribution in [2.45, 2.75) is 13.0 Å². The van der Waals surface area contributed by atoms with Crippen molar-refractivity contribution in [2.75, 3.05) is 13.1 Å². The maximum Gasteiger partial charge on any atom is 0.224 e. The van der Waals surface area contributed by atoms with Gasteiger partial charge in [-0.2, -0.15) is 5.10 Å². The molecule has 14 heavy (non-hydrogen) atoms. The lowest BCUT2D eigenvalue weighted by Gasteiger charge is -2.08. The van der Waals surface area contributed by atoms with Crippen LogP contribution in [-0.4, -0.2) is 29.2 Å². The van der Waals surface area contributed by atoms with Gasteiger partial charge in [0.05, 0.1) is 18.2 Å². The smallest absolute Gasteiger partial charge is 0.224 e. The van der Waals surface area contributed by atoms with Crippen LogP contribution in [0.25, 0.3) is 0 Å². The maximum absolute atomic E-state index is 11.6. The Morgan fingerprint density at radius 1 is 1.71 bits per heavy atom. The minimum atomic E-state index is 0.129. The Kier molecular flexibility index (Phi) is 2.78. The molecule has 1 amide bonds. The van der Waals surface area contributed by atoms with Crippen molar-refractivity contribution in [2.24, 2.45) is 5.92 Å². The summed E-state index contributed by atoms with van der Waals surface area (Å²) in [6, 6.07) is 1.85. The van der Waals surface area contributed by atoms with Gasteiger partial charge in [-0.1, -0.05) is 0 Å². The van der Waals surface area contributed by atoms with Crippen LogP contribution < -0.4 is 10.6 Å². The minimum absolute atomic E-state index is 0.129. The van der Waals surface area contributed by atoms with Crippen molar-refractivity contribution < 1.29 is 4.79 Å². The molecule has 1 aromatic heterocycles. The van der Waals surface area contributed by atoms with Gasteiger partial charge < -0.3 is 10.6 Å². The van der Waals surface area contributed by atoms with E-state index in [4.69, 9.17) is 0 Å². The van der Waals surface area contributed by atoms with Crippen LogP contribution in [0.5, 0.6) is 0 Å². The lowest BCUT2D eigenvalue weighted by molar-refractivity contribution is -0.124. The molecule has 1 unspecified atom stereocenters. The molecule has 3 N–H and O–H groups in total. The topological polar surface area (TPSA) is 69.8 Å². The van der Waals surface area contributed by atoms with E-state index in [1.54, 1.807) is 6.20 Å². The van der Waals surface area contributed by atoms with Crippen LogP contribution in [0, 0.1) is 5.92 Å². The lowest BCUT2D eigenvalue weighted by Crippen LogP contribution is -2.31. The number of nitrogens with one attached hydrogen (secondary N) is 3. The van der Waals surface area contributed by atoms with Crippen molar-refractivity contribution in [3.63, 3.8) is 0 Å². The van der Waals surface area contributed by atoms with Gasteiger partial charge in [0.2, 0.25) is 5.91 Å². The Morgan fingerprint density at radius 2 is 2.64 bits per heavy atom. The summed E-state index contributed by atoms with van der Waals surface area (Å²) >= 11 is 0. The van der Waals surface area contributed by atoms with Crippen LogP contribution in [0.15, 0.2) is 12.3 Å². The van der Waals surface area contributed by atoms with E-state index in [0.717, 1.165) is 25.2 Å². The summed E-state index contributed by atoms with van der Waals surface area (Å²) in [5, 5.41) is 12.7. The first-order valence-corrected chi connectivity index (χ1v) is 4.83. The van der Waals surface area contributed by atoms with Crippen LogP contribution >= 0.6 is 0 Å². The number of aromatic amines is 1. The Labute approximate surface area is 82.3 Å². The van der Waals surface area contributed by atoms with Crippen LogP contribution in [0.4, 0.5) is 0 Å². The molecule has 0 spiro atoms. The number of carbonyl (C=O) groups excluding carboxylic acids is 1. The van der Waals surface area contributed by atoms with E-state index in [0.29, 0.717) is 6.54 Å². The first kappa shape index (κ1) is 9.21. The highest BCUT2D eigenvalue weighted by atomic mass is 16.1. The molecular weight excluding hydrogens is 180 g/mol. The molecule has 0 aromatic carbocycles. The fraction of sp³-hybridized carbons (Fsp3) is 0.556. The molecule has 1 aliphatic heterocycles. The van der Waals surface area contributed by atoms with Crippen molar-refractivity contribution in [3.05, 3.63) is 18.0 Å². The zero-order valence-corrected chi connectivity index (χ0v) is 7.92. The van der Waals surface area contributed by atoms with Gasteiger partial charge in [-0.15, -0.1) is 0 Å². The third-order valence-corrected chi connectivity index (χ3v) is 2.44. The van der Waals surface area contributed by atoms with Gasteiger partial charge in [0.25, 0.3) is 0 Å². The Bertz CT molecular complexity index is 290. The molecule has 1 fully saturated rings. The molecule has 0 saturated carbocycles. The van der Waals surface area contributed by atoms with Crippen LogP contribution in [0.3, 0.4) is 0 Å². The minimum Gasteiger partial charge on any atom is -0.350 e. The highest BCUT2D eigenvalue weighted by Gasteiger charge is 2.21. The Balaban J connectivity index is 1.77. The predicted molar refractivity (Wildman–Crippen MR) is 51.4 cm³/mol. The number of rotatable bonds is 3. The third kappa shape index (κ3) is 2.11. The average Bonchev–Trinajstić information content (AvgIpc) is 2.87. The molecule has 5 heteroatoms. The first-order chi connectivity index (χ1) is 6.86. The van der Waals surface area contributed by atoms with E-state index in [2.05, 4.69) is 20.8 Å². The molecule has 5 nitrogen and oxygen atoms in total. The normalized spacial score (nSPS) is 21.0. The van der Waals surface area contributed by atoms with E-state index < -0.39 is 0 Å². The number of H-pyrrole nitrogens is 1. The summed E-state index contributed by atoms with van der Waals surface area (Å²) in [5.41, 5.74) is 0.935. The van der Waals surface area contributed by atoms with Gasteiger partial charge >= 0.3 is 0 Å². The molecule has 2 rings (SSSR count). The zero-order valence-electron chi connectivity index (χ0n) is 7.92. The summed E-state index contributed by atoms with van der Waals surface area (Å²) < 4.78 is 0. The van der Waals surface area contributed by atoms with Crippen molar-refractivity contribution >= 4 is 5.91 Å². The van der Waals surface area contributed by atoms with Gasteiger partial charge in [0, 0.05) is 12.7 Å². The van der Waals surface area contributed by atoms with E-state index in [-0.39, 0.29) is 11.8 Å². The number of carbonyl (C=O) groups is 1. The molecule has 0 bridgehead atoms. The SMILES string of the molecule is O=C(NCc1ccn[nH]1)C1CCNC1. The van der Waals surface area contributed by atoms with E-state index in [1.165, 1.54) is 0 Å². The second-order valence-corrected chi connectivity index (χ2v) is 3.49. The summed E-state index contributed by atoms with van der Waals surface area (Å²) in [7, 11) is 0. The molecular formula is C9H14N4O. The highest BCUT2D eigenvalue weighted by Crippen LogP contribution is 2.07. The Morgan fingerprint density at radius 3 is 3.29 bits per heavy atom. The number of aromatic nitrogens is 2. The standard InChI is InChI=1S/C9H14N4O/c14-9(7-1-3-10-5-7)11-6-8-2-4-12-13-8/h2,4,7,10H,1,3,5-6H2,(H,11,14)(H,12,13). The molecule has 1 aromatic rings. The van der Waals surface area contributed by atoms with Crippen molar-refractivity contribution in [3.8, 4) is 0 Å². The average molecular weight is 194 g/mol. The second kappa shape index (κ2) is 4.23. The van der Waals surface area contributed by atoms with Crippen LogP contribution in [0.2, 0.25) is 0 Å². The van der Waals surface area contributed by atoms with E-state index in [9.17, 15) is 4.79 Å². The van der Waals surface area contributed by atoms with Crippen LogP contribution in [-0.2, 0) is 11.3 Å². The molecule has 0 aliphatic carbocycles. The summed E-state index contributed by atoms with van der Waals surface area (Å²) in [6.45, 7) is 2.28. The number of hydrogen-bond donors (Lipinski definition) is 3. The Hall–Kier alpha value is -1.36. The number of hydrogen-bond acceptors (Lipinski definition) is 3. The van der Waals surface area contributed by atoms with Gasteiger partial charge in [-0.05, 0) is 19.0 Å². The van der Waals surface area contributed by atoms with Crippen molar-refractivity contribution in [1.29, 1.82) is 0 Å². The first-order valence-electron chi connectivity index (χ1n) is 4.83. The zero-order chi connectivity index (χ0) is 9.80. The molecule has 76 valence electrons. The fourth-order valence-corrected chi connectivity index (χ4v) is 1.59. The van der Waals surface area contributed by atoms with Crippen molar-refractivity contribution in [1.82, 2.24) is 20.8 Å². The number of amides is 1.